The van der Waals surface area contributed by atoms with Crippen molar-refractivity contribution in [1.82, 2.24) is 15.0 Å². The summed E-state index contributed by atoms with van der Waals surface area (Å²) in [6, 6.07) is 8.04. The Morgan fingerprint density at radius 1 is 1.18 bits per heavy atom. The molecule has 0 saturated carbocycles. The topological polar surface area (TPSA) is 53.6 Å². The van der Waals surface area contributed by atoms with E-state index in [-0.39, 0.29) is 0 Å². The molecule has 0 unspecified atom stereocenters. The van der Waals surface area contributed by atoms with Gasteiger partial charge in [-0.3, -0.25) is 4.98 Å². The molecule has 0 bridgehead atoms. The molecule has 0 amide bonds. The predicted molar refractivity (Wildman–Crippen MR) is 68.6 cm³/mol. The molecule has 0 spiro atoms. The van der Waals surface area contributed by atoms with E-state index in [1.54, 1.807) is 6.20 Å². The summed E-state index contributed by atoms with van der Waals surface area (Å²) in [5.41, 5.74) is 2.06. The highest BCUT2D eigenvalue weighted by Gasteiger charge is 2.00. The fourth-order valence-electron chi connectivity index (χ4n) is 1.68. The SMILES string of the molecule is Clc1cncc(Nc2ccc3[nH]ccc3c2)n1. The molecule has 0 atom stereocenters. The van der Waals surface area contributed by atoms with Gasteiger partial charge in [0.05, 0.1) is 12.4 Å². The Morgan fingerprint density at radius 3 is 3.00 bits per heavy atom. The number of H-pyrrole nitrogens is 1. The van der Waals surface area contributed by atoms with Crippen LogP contribution in [0.2, 0.25) is 5.15 Å². The minimum absolute atomic E-state index is 0.373. The average Bonchev–Trinajstić information content (AvgIpc) is 2.76. The first kappa shape index (κ1) is 10.1. The van der Waals surface area contributed by atoms with Gasteiger partial charge in [-0.2, -0.15) is 0 Å². The summed E-state index contributed by atoms with van der Waals surface area (Å²) in [6.45, 7) is 0. The molecule has 0 fully saturated rings. The molecular formula is C12H9ClN4. The monoisotopic (exact) mass is 244 g/mol. The van der Waals surface area contributed by atoms with Gasteiger partial charge in [0.2, 0.25) is 0 Å². The van der Waals surface area contributed by atoms with Gasteiger partial charge >= 0.3 is 0 Å². The van der Waals surface area contributed by atoms with Crippen LogP contribution in [0.5, 0.6) is 0 Å². The molecule has 5 heteroatoms. The minimum Gasteiger partial charge on any atom is -0.361 e. The lowest BCUT2D eigenvalue weighted by Gasteiger charge is -2.05. The van der Waals surface area contributed by atoms with Crippen molar-refractivity contribution in [2.75, 3.05) is 5.32 Å². The molecule has 2 heterocycles. The fourth-order valence-corrected chi connectivity index (χ4v) is 1.83. The Bertz CT molecular complexity index is 662. The lowest BCUT2D eigenvalue weighted by molar-refractivity contribution is 1.20. The summed E-state index contributed by atoms with van der Waals surface area (Å²) in [5.74, 6) is 0.632. The first-order valence-electron chi connectivity index (χ1n) is 5.13. The van der Waals surface area contributed by atoms with Crippen LogP contribution in [0.3, 0.4) is 0 Å². The zero-order chi connectivity index (χ0) is 11.7. The van der Waals surface area contributed by atoms with Crippen LogP contribution < -0.4 is 5.32 Å². The van der Waals surface area contributed by atoms with Crippen LogP contribution in [0.4, 0.5) is 11.5 Å². The van der Waals surface area contributed by atoms with E-state index in [4.69, 9.17) is 11.6 Å². The maximum absolute atomic E-state index is 5.77. The van der Waals surface area contributed by atoms with Crippen molar-refractivity contribution < 1.29 is 0 Å². The number of benzene rings is 1. The van der Waals surface area contributed by atoms with Crippen LogP contribution in [-0.4, -0.2) is 15.0 Å². The Kier molecular flexibility index (Phi) is 2.42. The van der Waals surface area contributed by atoms with Crippen LogP contribution in [0.1, 0.15) is 0 Å². The third kappa shape index (κ3) is 2.07. The van der Waals surface area contributed by atoms with Gasteiger partial charge in [-0.05, 0) is 24.3 Å². The van der Waals surface area contributed by atoms with Gasteiger partial charge in [-0.15, -0.1) is 0 Å². The predicted octanol–water partition coefficient (Wildman–Crippen LogP) is 3.35. The average molecular weight is 245 g/mol. The van der Waals surface area contributed by atoms with Crippen LogP contribution in [0.15, 0.2) is 42.9 Å². The summed E-state index contributed by atoms with van der Waals surface area (Å²) < 4.78 is 0. The Hall–Kier alpha value is -2.07. The number of rotatable bonds is 2. The molecule has 17 heavy (non-hydrogen) atoms. The molecule has 4 nitrogen and oxygen atoms in total. The second kappa shape index (κ2) is 4.07. The van der Waals surface area contributed by atoms with Crippen molar-refractivity contribution >= 4 is 34.0 Å². The van der Waals surface area contributed by atoms with Gasteiger partial charge in [-0.1, -0.05) is 11.6 Å². The quantitative estimate of drug-likeness (QED) is 0.727. The van der Waals surface area contributed by atoms with Crippen molar-refractivity contribution in [3.63, 3.8) is 0 Å². The highest BCUT2D eigenvalue weighted by atomic mass is 35.5. The molecule has 3 rings (SSSR count). The maximum atomic E-state index is 5.77. The standard InChI is InChI=1S/C12H9ClN4/c13-11-6-14-7-12(17-11)16-9-1-2-10-8(5-9)3-4-15-10/h1-7,15H,(H,16,17). The van der Waals surface area contributed by atoms with E-state index in [9.17, 15) is 0 Å². The number of hydrogen-bond acceptors (Lipinski definition) is 3. The van der Waals surface area contributed by atoms with Gasteiger partial charge < -0.3 is 10.3 Å². The second-order valence-electron chi connectivity index (χ2n) is 3.63. The molecule has 0 saturated heterocycles. The molecular weight excluding hydrogens is 236 g/mol. The van der Waals surface area contributed by atoms with Gasteiger partial charge in [0.1, 0.15) is 5.15 Å². The van der Waals surface area contributed by atoms with Crippen molar-refractivity contribution in [1.29, 1.82) is 0 Å². The van der Waals surface area contributed by atoms with Gasteiger partial charge in [0.25, 0.3) is 0 Å². The Labute approximate surface area is 103 Å². The zero-order valence-corrected chi connectivity index (χ0v) is 9.57. The molecule has 3 aromatic rings. The molecule has 1 aromatic carbocycles. The fraction of sp³-hybridized carbons (Fsp3) is 0. The number of aromatic nitrogens is 3. The highest BCUT2D eigenvalue weighted by Crippen LogP contribution is 2.20. The van der Waals surface area contributed by atoms with Crippen molar-refractivity contribution in [3.05, 3.63) is 48.0 Å². The van der Waals surface area contributed by atoms with E-state index in [2.05, 4.69) is 20.3 Å². The van der Waals surface area contributed by atoms with Crippen molar-refractivity contribution in [3.8, 4) is 0 Å². The van der Waals surface area contributed by atoms with Crippen LogP contribution in [0.25, 0.3) is 10.9 Å². The van der Waals surface area contributed by atoms with E-state index in [1.807, 2.05) is 30.5 Å². The third-order valence-corrected chi connectivity index (χ3v) is 2.61. The number of nitrogens with one attached hydrogen (secondary N) is 2. The summed E-state index contributed by atoms with van der Waals surface area (Å²) in [4.78, 5) is 11.2. The summed E-state index contributed by atoms with van der Waals surface area (Å²) >= 11 is 5.77. The number of fused-ring (bicyclic) bond motifs is 1. The first-order chi connectivity index (χ1) is 8.31. The summed E-state index contributed by atoms with van der Waals surface area (Å²) in [6.07, 6.45) is 5.04. The van der Waals surface area contributed by atoms with E-state index in [1.165, 1.54) is 6.20 Å². The van der Waals surface area contributed by atoms with Crippen molar-refractivity contribution in [2.45, 2.75) is 0 Å². The molecule has 0 aliphatic heterocycles. The van der Waals surface area contributed by atoms with E-state index >= 15 is 0 Å². The normalized spacial score (nSPS) is 10.6. The molecule has 0 aliphatic carbocycles. The van der Waals surface area contributed by atoms with E-state index in [0.29, 0.717) is 11.0 Å². The van der Waals surface area contributed by atoms with Gasteiger partial charge in [-0.25, -0.2) is 4.98 Å². The highest BCUT2D eigenvalue weighted by molar-refractivity contribution is 6.29. The zero-order valence-electron chi connectivity index (χ0n) is 8.81. The second-order valence-corrected chi connectivity index (χ2v) is 4.02. The Balaban J connectivity index is 1.94. The van der Waals surface area contributed by atoms with Crippen LogP contribution >= 0.6 is 11.6 Å². The van der Waals surface area contributed by atoms with Gasteiger partial charge in [0.15, 0.2) is 5.82 Å². The van der Waals surface area contributed by atoms with Crippen LogP contribution in [-0.2, 0) is 0 Å². The first-order valence-corrected chi connectivity index (χ1v) is 5.51. The number of nitrogens with zero attached hydrogens (tertiary/aromatic N) is 2. The summed E-state index contributed by atoms with van der Waals surface area (Å²) in [7, 11) is 0. The number of hydrogen-bond donors (Lipinski definition) is 2. The lowest BCUT2D eigenvalue weighted by atomic mass is 10.2. The van der Waals surface area contributed by atoms with Crippen LogP contribution in [0, 0.1) is 0 Å². The number of aromatic amines is 1. The third-order valence-electron chi connectivity index (χ3n) is 2.43. The minimum atomic E-state index is 0.373. The smallest absolute Gasteiger partial charge is 0.150 e. The molecule has 0 aliphatic rings. The van der Waals surface area contributed by atoms with E-state index < -0.39 is 0 Å². The largest absolute Gasteiger partial charge is 0.361 e. The molecule has 0 radical (unpaired) electrons. The summed E-state index contributed by atoms with van der Waals surface area (Å²) in [5, 5.41) is 4.67. The molecule has 84 valence electrons. The number of halogens is 1. The molecule has 2 N–H and O–H groups in total. The van der Waals surface area contributed by atoms with Gasteiger partial charge in [0, 0.05) is 22.8 Å². The van der Waals surface area contributed by atoms with Crippen molar-refractivity contribution in [2.24, 2.45) is 0 Å². The Morgan fingerprint density at radius 2 is 2.12 bits per heavy atom. The maximum Gasteiger partial charge on any atom is 0.150 e. The van der Waals surface area contributed by atoms with E-state index in [0.717, 1.165) is 16.6 Å². The lowest BCUT2D eigenvalue weighted by Crippen LogP contribution is -1.94. The number of anilines is 2. The molecule has 2 aromatic heterocycles.